The maximum absolute atomic E-state index is 11.4. The first-order chi connectivity index (χ1) is 7.98. The summed E-state index contributed by atoms with van der Waals surface area (Å²) in [5.74, 6) is 0.645. The standard InChI is InChI=1S/C12H23NO3S/c1-9(10-5-3-2-4-6-10)13-11-7-17(15,16)8-12(11)14/h9-14H,2-8H2,1H3. The van der Waals surface area contributed by atoms with Crippen LogP contribution in [0.5, 0.6) is 0 Å². The predicted octanol–water partition coefficient (Wildman–Crippen LogP) is 0.703. The van der Waals surface area contributed by atoms with Gasteiger partial charge in [0.05, 0.1) is 17.6 Å². The molecule has 5 heteroatoms. The first-order valence-electron chi connectivity index (χ1n) is 6.62. The van der Waals surface area contributed by atoms with Crippen molar-refractivity contribution in [1.29, 1.82) is 0 Å². The number of rotatable bonds is 3. The maximum atomic E-state index is 11.4. The van der Waals surface area contributed by atoms with Crippen molar-refractivity contribution in [3.05, 3.63) is 0 Å². The predicted molar refractivity (Wildman–Crippen MR) is 67.6 cm³/mol. The van der Waals surface area contributed by atoms with E-state index in [-0.39, 0.29) is 17.5 Å². The van der Waals surface area contributed by atoms with Gasteiger partial charge in [-0.25, -0.2) is 8.42 Å². The van der Waals surface area contributed by atoms with E-state index in [0.717, 1.165) is 0 Å². The van der Waals surface area contributed by atoms with Gasteiger partial charge in [-0.05, 0) is 25.7 Å². The average molecular weight is 261 g/mol. The lowest BCUT2D eigenvalue weighted by atomic mass is 9.84. The van der Waals surface area contributed by atoms with Crippen molar-refractivity contribution < 1.29 is 13.5 Å². The van der Waals surface area contributed by atoms with Crippen molar-refractivity contribution in [2.75, 3.05) is 11.5 Å². The lowest BCUT2D eigenvalue weighted by Crippen LogP contribution is -2.47. The molecule has 1 saturated carbocycles. The molecule has 4 nitrogen and oxygen atoms in total. The van der Waals surface area contributed by atoms with Crippen LogP contribution >= 0.6 is 0 Å². The Balaban J connectivity index is 1.88. The first kappa shape index (κ1) is 13.3. The van der Waals surface area contributed by atoms with Gasteiger partial charge in [0.1, 0.15) is 0 Å². The zero-order valence-corrected chi connectivity index (χ0v) is 11.2. The van der Waals surface area contributed by atoms with Crippen LogP contribution in [0.25, 0.3) is 0 Å². The maximum Gasteiger partial charge on any atom is 0.154 e. The molecule has 0 spiro atoms. The lowest BCUT2D eigenvalue weighted by Gasteiger charge is -2.31. The molecule has 0 aromatic heterocycles. The van der Waals surface area contributed by atoms with Gasteiger partial charge in [0.15, 0.2) is 9.84 Å². The Labute approximate surface area is 104 Å². The van der Waals surface area contributed by atoms with Crippen LogP contribution in [0.3, 0.4) is 0 Å². The van der Waals surface area contributed by atoms with Gasteiger partial charge >= 0.3 is 0 Å². The Morgan fingerprint density at radius 1 is 1.18 bits per heavy atom. The minimum Gasteiger partial charge on any atom is -0.390 e. The molecule has 1 aliphatic carbocycles. The van der Waals surface area contributed by atoms with Gasteiger partial charge in [0.2, 0.25) is 0 Å². The van der Waals surface area contributed by atoms with Gasteiger partial charge in [-0.15, -0.1) is 0 Å². The van der Waals surface area contributed by atoms with Crippen molar-refractivity contribution in [1.82, 2.24) is 5.32 Å². The Morgan fingerprint density at radius 2 is 1.82 bits per heavy atom. The highest BCUT2D eigenvalue weighted by molar-refractivity contribution is 7.91. The van der Waals surface area contributed by atoms with Crippen LogP contribution in [0.15, 0.2) is 0 Å². The highest BCUT2D eigenvalue weighted by Crippen LogP contribution is 2.27. The Morgan fingerprint density at radius 3 is 2.35 bits per heavy atom. The molecule has 3 unspecified atom stereocenters. The van der Waals surface area contributed by atoms with Crippen molar-refractivity contribution in [3.63, 3.8) is 0 Å². The Bertz CT molecular complexity index is 349. The van der Waals surface area contributed by atoms with E-state index in [1.807, 2.05) is 0 Å². The average Bonchev–Trinajstić information content (AvgIpc) is 2.53. The van der Waals surface area contributed by atoms with Crippen LogP contribution in [0.4, 0.5) is 0 Å². The molecule has 2 aliphatic rings. The van der Waals surface area contributed by atoms with E-state index in [9.17, 15) is 13.5 Å². The molecule has 0 radical (unpaired) electrons. The summed E-state index contributed by atoms with van der Waals surface area (Å²) in [4.78, 5) is 0. The van der Waals surface area contributed by atoms with Crippen LogP contribution < -0.4 is 5.32 Å². The zero-order valence-electron chi connectivity index (χ0n) is 10.4. The van der Waals surface area contributed by atoms with Crippen molar-refractivity contribution in [3.8, 4) is 0 Å². The van der Waals surface area contributed by atoms with E-state index in [4.69, 9.17) is 0 Å². The van der Waals surface area contributed by atoms with Crippen LogP contribution in [-0.2, 0) is 9.84 Å². The summed E-state index contributed by atoms with van der Waals surface area (Å²) < 4.78 is 22.8. The molecule has 2 fully saturated rings. The van der Waals surface area contributed by atoms with Crippen molar-refractivity contribution in [2.45, 2.75) is 57.2 Å². The van der Waals surface area contributed by atoms with Gasteiger partial charge in [-0.1, -0.05) is 19.3 Å². The smallest absolute Gasteiger partial charge is 0.154 e. The van der Waals surface area contributed by atoms with E-state index in [0.29, 0.717) is 12.0 Å². The molecule has 3 atom stereocenters. The lowest BCUT2D eigenvalue weighted by molar-refractivity contribution is 0.148. The Hall–Kier alpha value is -0.130. The van der Waals surface area contributed by atoms with Gasteiger partial charge in [-0.2, -0.15) is 0 Å². The molecule has 17 heavy (non-hydrogen) atoms. The van der Waals surface area contributed by atoms with Gasteiger partial charge in [-0.3, -0.25) is 0 Å². The van der Waals surface area contributed by atoms with Crippen LogP contribution in [0.2, 0.25) is 0 Å². The molecular formula is C12H23NO3S. The first-order valence-corrected chi connectivity index (χ1v) is 8.44. The number of hydrogen-bond donors (Lipinski definition) is 2. The van der Waals surface area contributed by atoms with Gasteiger partial charge in [0.25, 0.3) is 0 Å². The molecular weight excluding hydrogens is 238 g/mol. The number of aliphatic hydroxyl groups excluding tert-OH is 1. The molecule has 1 heterocycles. The highest BCUT2D eigenvalue weighted by atomic mass is 32.2. The van der Waals surface area contributed by atoms with Crippen molar-refractivity contribution in [2.24, 2.45) is 5.92 Å². The number of aliphatic hydroxyl groups is 1. The quantitative estimate of drug-likeness (QED) is 0.785. The van der Waals surface area contributed by atoms with Crippen LogP contribution in [0, 0.1) is 5.92 Å². The third-order valence-corrected chi connectivity index (χ3v) is 5.87. The molecule has 2 N–H and O–H groups in total. The normalized spacial score (nSPS) is 35.9. The molecule has 100 valence electrons. The summed E-state index contributed by atoms with van der Waals surface area (Å²) in [7, 11) is -3.03. The molecule has 0 aromatic rings. The number of hydrogen-bond acceptors (Lipinski definition) is 4. The topological polar surface area (TPSA) is 66.4 Å². The summed E-state index contributed by atoms with van der Waals surface area (Å²) in [5.41, 5.74) is 0. The second-order valence-corrected chi connectivity index (χ2v) is 7.76. The van der Waals surface area contributed by atoms with Gasteiger partial charge in [0, 0.05) is 12.1 Å². The SMILES string of the molecule is CC(NC1CS(=O)(=O)CC1O)C1CCCCC1. The van der Waals surface area contributed by atoms with Crippen molar-refractivity contribution >= 4 is 9.84 Å². The summed E-state index contributed by atoms with van der Waals surface area (Å²) in [6, 6.07) is 0.0418. The molecule has 2 rings (SSSR count). The summed E-state index contributed by atoms with van der Waals surface area (Å²) >= 11 is 0. The third-order valence-electron chi connectivity index (χ3n) is 4.16. The minimum absolute atomic E-state index is 0.0813. The summed E-state index contributed by atoms with van der Waals surface area (Å²) in [6.45, 7) is 2.12. The van der Waals surface area contributed by atoms with E-state index in [2.05, 4.69) is 12.2 Å². The fourth-order valence-electron chi connectivity index (χ4n) is 3.10. The molecule has 0 bridgehead atoms. The fourth-order valence-corrected chi connectivity index (χ4v) is 4.85. The monoisotopic (exact) mass is 261 g/mol. The van der Waals surface area contributed by atoms with E-state index >= 15 is 0 Å². The van der Waals surface area contributed by atoms with E-state index in [1.165, 1.54) is 32.1 Å². The minimum atomic E-state index is -3.03. The number of nitrogens with one attached hydrogen (secondary N) is 1. The second-order valence-electron chi connectivity index (χ2n) is 5.60. The Kier molecular flexibility index (Phi) is 4.10. The fraction of sp³-hybridized carbons (Fsp3) is 1.00. The van der Waals surface area contributed by atoms with Crippen LogP contribution in [-0.4, -0.2) is 43.2 Å². The van der Waals surface area contributed by atoms with Gasteiger partial charge < -0.3 is 10.4 Å². The summed E-state index contributed by atoms with van der Waals surface area (Å²) in [6.07, 6.45) is 5.60. The van der Waals surface area contributed by atoms with E-state index < -0.39 is 15.9 Å². The molecule has 0 aromatic carbocycles. The van der Waals surface area contributed by atoms with Crippen LogP contribution in [0.1, 0.15) is 39.0 Å². The summed E-state index contributed by atoms with van der Waals surface area (Å²) in [5, 5.41) is 13.1. The second kappa shape index (κ2) is 5.24. The third kappa shape index (κ3) is 3.42. The highest BCUT2D eigenvalue weighted by Gasteiger charge is 2.37. The van der Waals surface area contributed by atoms with E-state index in [1.54, 1.807) is 0 Å². The number of sulfone groups is 1. The molecule has 1 aliphatic heterocycles. The molecule has 1 saturated heterocycles. The largest absolute Gasteiger partial charge is 0.390 e. The molecule has 0 amide bonds. The zero-order chi connectivity index (χ0) is 12.5.